The van der Waals surface area contributed by atoms with E-state index < -0.39 is 0 Å². The van der Waals surface area contributed by atoms with E-state index in [2.05, 4.69) is 87.8 Å². The number of ether oxygens (including phenoxy) is 1. The molecule has 186 valence electrons. The molecule has 0 aliphatic carbocycles. The van der Waals surface area contributed by atoms with E-state index in [1.165, 1.54) is 10.8 Å². The van der Waals surface area contributed by atoms with Gasteiger partial charge >= 0.3 is 0 Å². The number of rotatable bonds is 5. The molecule has 6 aromatic rings. The summed E-state index contributed by atoms with van der Waals surface area (Å²) in [5, 5.41) is 2.36. The lowest BCUT2D eigenvalue weighted by Crippen LogP contribution is -2.33. The quantitative estimate of drug-likeness (QED) is 0.244. The summed E-state index contributed by atoms with van der Waals surface area (Å²) in [5.74, 6) is 3.41. The highest BCUT2D eigenvalue weighted by molar-refractivity contribution is 6.09. The first kappa shape index (κ1) is 22.4. The van der Waals surface area contributed by atoms with E-state index in [4.69, 9.17) is 9.72 Å². The van der Waals surface area contributed by atoms with Gasteiger partial charge in [-0.15, -0.1) is 0 Å². The Bertz CT molecular complexity index is 1780. The van der Waals surface area contributed by atoms with Crippen LogP contribution in [0.1, 0.15) is 13.8 Å². The molecule has 3 aromatic heterocycles. The van der Waals surface area contributed by atoms with E-state index in [9.17, 15) is 0 Å². The summed E-state index contributed by atoms with van der Waals surface area (Å²) >= 11 is 0. The summed E-state index contributed by atoms with van der Waals surface area (Å²) in [6.07, 6.45) is 3.68. The van der Waals surface area contributed by atoms with Crippen molar-refractivity contribution >= 4 is 39.0 Å². The molecular formula is C32H27N5O. The third kappa shape index (κ3) is 3.65. The summed E-state index contributed by atoms with van der Waals surface area (Å²) in [6.45, 7) is 5.17. The van der Waals surface area contributed by atoms with Crippen molar-refractivity contribution in [3.63, 3.8) is 0 Å². The molecule has 38 heavy (non-hydrogen) atoms. The van der Waals surface area contributed by atoms with Crippen LogP contribution in [-0.4, -0.2) is 27.2 Å². The number of hydrogen-bond acceptors (Lipinski definition) is 5. The van der Waals surface area contributed by atoms with E-state index in [0.717, 1.165) is 52.2 Å². The number of para-hydroxylation sites is 1. The van der Waals surface area contributed by atoms with Gasteiger partial charge in [0.05, 0.1) is 23.4 Å². The van der Waals surface area contributed by atoms with Gasteiger partial charge in [0, 0.05) is 47.0 Å². The molecule has 1 aliphatic heterocycles. The maximum Gasteiger partial charge on any atom is 0.158 e. The van der Waals surface area contributed by atoms with Gasteiger partial charge in [0.15, 0.2) is 5.82 Å². The highest BCUT2D eigenvalue weighted by Gasteiger charge is 2.29. The van der Waals surface area contributed by atoms with Crippen molar-refractivity contribution in [2.45, 2.75) is 19.9 Å². The van der Waals surface area contributed by atoms with Gasteiger partial charge in [-0.05, 0) is 68.4 Å². The Labute approximate surface area is 221 Å². The Hall–Kier alpha value is -4.84. The summed E-state index contributed by atoms with van der Waals surface area (Å²) < 4.78 is 8.64. The minimum atomic E-state index is 0.375. The van der Waals surface area contributed by atoms with Crippen LogP contribution in [-0.2, 0) is 0 Å². The maximum absolute atomic E-state index is 6.44. The molecule has 7 rings (SSSR count). The van der Waals surface area contributed by atoms with Gasteiger partial charge in [-0.3, -0.25) is 4.57 Å². The number of anilines is 3. The largest absolute Gasteiger partial charge is 0.457 e. The summed E-state index contributed by atoms with van der Waals surface area (Å²) in [6, 6.07) is 33.4. The van der Waals surface area contributed by atoms with Crippen LogP contribution in [0.15, 0.2) is 109 Å². The minimum Gasteiger partial charge on any atom is -0.457 e. The number of benzene rings is 3. The number of pyridine rings is 2. The molecular weight excluding hydrogens is 470 g/mol. The van der Waals surface area contributed by atoms with Gasteiger partial charge in [0.1, 0.15) is 17.3 Å². The zero-order valence-electron chi connectivity index (χ0n) is 21.3. The fraction of sp³-hybridized carbons (Fsp3) is 0.125. The SMILES string of the molecule is CC(C)N1CN(c2cccc(Oc3ccc4c5ccccc5n(-c5ccccn5)c4c3)c2)c2ncccc21. The van der Waals surface area contributed by atoms with Crippen LogP contribution in [0.4, 0.5) is 17.2 Å². The van der Waals surface area contributed by atoms with Crippen LogP contribution in [0, 0.1) is 0 Å². The molecule has 4 heterocycles. The summed E-state index contributed by atoms with van der Waals surface area (Å²) in [5.41, 5.74) is 4.38. The van der Waals surface area contributed by atoms with E-state index in [1.54, 1.807) is 0 Å². The zero-order valence-corrected chi connectivity index (χ0v) is 21.3. The van der Waals surface area contributed by atoms with Crippen molar-refractivity contribution in [2.75, 3.05) is 16.5 Å². The lowest BCUT2D eigenvalue weighted by molar-refractivity contribution is 0.483. The Morgan fingerprint density at radius 3 is 2.39 bits per heavy atom. The number of fused-ring (bicyclic) bond motifs is 4. The van der Waals surface area contributed by atoms with Crippen molar-refractivity contribution in [3.8, 4) is 17.3 Å². The average molecular weight is 498 g/mol. The topological polar surface area (TPSA) is 46.4 Å². The zero-order chi connectivity index (χ0) is 25.6. The second-order valence-corrected chi connectivity index (χ2v) is 9.80. The van der Waals surface area contributed by atoms with Crippen LogP contribution in [0.3, 0.4) is 0 Å². The monoisotopic (exact) mass is 497 g/mol. The van der Waals surface area contributed by atoms with Gasteiger partial charge in [0.25, 0.3) is 0 Å². The predicted molar refractivity (Wildman–Crippen MR) is 154 cm³/mol. The predicted octanol–water partition coefficient (Wildman–Crippen LogP) is 7.69. The lowest BCUT2D eigenvalue weighted by Gasteiger charge is -2.24. The lowest BCUT2D eigenvalue weighted by atomic mass is 10.1. The summed E-state index contributed by atoms with van der Waals surface area (Å²) in [7, 11) is 0. The normalized spacial score (nSPS) is 13.0. The van der Waals surface area contributed by atoms with Crippen molar-refractivity contribution < 1.29 is 4.74 Å². The number of hydrogen-bond donors (Lipinski definition) is 0. The molecule has 0 saturated heterocycles. The first-order valence-corrected chi connectivity index (χ1v) is 12.9. The fourth-order valence-electron chi connectivity index (χ4n) is 5.36. The fourth-order valence-corrected chi connectivity index (χ4v) is 5.36. The Balaban J connectivity index is 1.27. The van der Waals surface area contributed by atoms with Gasteiger partial charge in [-0.1, -0.05) is 30.3 Å². The second kappa shape index (κ2) is 8.92. The standard InChI is InChI=1S/C32H27N5O/c1-22(2)35-21-36(32-29(35)13-8-18-34-32)23-9-7-10-24(19-23)38-25-15-16-27-26-11-3-4-12-28(26)37(30(27)20-25)31-14-5-6-17-33-31/h3-20,22H,21H2,1-2H3. The maximum atomic E-state index is 6.44. The minimum absolute atomic E-state index is 0.375. The van der Waals surface area contributed by atoms with Crippen LogP contribution >= 0.6 is 0 Å². The molecule has 6 heteroatoms. The molecule has 0 amide bonds. The van der Waals surface area contributed by atoms with E-state index in [0.29, 0.717) is 6.04 Å². The third-order valence-corrected chi connectivity index (χ3v) is 7.14. The smallest absolute Gasteiger partial charge is 0.158 e. The van der Waals surface area contributed by atoms with Crippen molar-refractivity contribution in [1.82, 2.24) is 14.5 Å². The first-order valence-electron chi connectivity index (χ1n) is 12.9. The molecule has 1 aliphatic rings. The van der Waals surface area contributed by atoms with Crippen LogP contribution in [0.2, 0.25) is 0 Å². The average Bonchev–Trinajstić information content (AvgIpc) is 3.50. The Morgan fingerprint density at radius 2 is 1.53 bits per heavy atom. The van der Waals surface area contributed by atoms with E-state index >= 15 is 0 Å². The molecule has 3 aromatic carbocycles. The van der Waals surface area contributed by atoms with Gasteiger partial charge < -0.3 is 14.5 Å². The molecule has 6 nitrogen and oxygen atoms in total. The molecule has 0 unspecified atom stereocenters. The number of nitrogens with zero attached hydrogens (tertiary/aromatic N) is 5. The molecule has 0 bridgehead atoms. The third-order valence-electron chi connectivity index (χ3n) is 7.14. The van der Waals surface area contributed by atoms with Crippen LogP contribution < -0.4 is 14.5 Å². The Morgan fingerprint density at radius 1 is 0.711 bits per heavy atom. The van der Waals surface area contributed by atoms with Gasteiger partial charge in [-0.25, -0.2) is 9.97 Å². The Kier molecular flexibility index (Phi) is 5.25. The van der Waals surface area contributed by atoms with Crippen LogP contribution in [0.5, 0.6) is 11.5 Å². The van der Waals surface area contributed by atoms with Crippen molar-refractivity contribution in [1.29, 1.82) is 0 Å². The second-order valence-electron chi connectivity index (χ2n) is 9.80. The highest BCUT2D eigenvalue weighted by atomic mass is 16.5. The van der Waals surface area contributed by atoms with E-state index in [1.807, 2.05) is 54.9 Å². The molecule has 0 spiro atoms. The van der Waals surface area contributed by atoms with Gasteiger partial charge in [0.2, 0.25) is 0 Å². The highest BCUT2D eigenvalue weighted by Crippen LogP contribution is 2.41. The van der Waals surface area contributed by atoms with E-state index in [-0.39, 0.29) is 0 Å². The number of aromatic nitrogens is 3. The van der Waals surface area contributed by atoms with Gasteiger partial charge in [-0.2, -0.15) is 0 Å². The molecule has 0 radical (unpaired) electrons. The van der Waals surface area contributed by atoms with Crippen molar-refractivity contribution in [3.05, 3.63) is 109 Å². The molecule has 0 atom stereocenters. The summed E-state index contributed by atoms with van der Waals surface area (Å²) in [4.78, 5) is 13.9. The van der Waals surface area contributed by atoms with Crippen LogP contribution in [0.25, 0.3) is 27.6 Å². The molecule has 0 N–H and O–H groups in total. The molecule has 0 fully saturated rings. The van der Waals surface area contributed by atoms with Crippen molar-refractivity contribution in [2.24, 2.45) is 0 Å². The first-order chi connectivity index (χ1) is 18.7. The molecule has 0 saturated carbocycles.